The van der Waals surface area contributed by atoms with Gasteiger partial charge in [0.15, 0.2) is 0 Å². The third-order valence-electron chi connectivity index (χ3n) is 23.6. The normalized spacial score (nSPS) is 14.8. The predicted molar refractivity (Wildman–Crippen MR) is 460 cm³/mol. The Labute approximate surface area is 670 Å². The minimum absolute atomic E-state index is 0.163. The standard InChI is InChI=1S/C104H124O8/c1-97(2,3)81-41-65-33-73-49-85(101(13,14)15)50-74-34-66-42-82(98(4,5)6)47-71(90(66)106)39-79-55-88(104(22,23)24)56-80-40-72-48-84(100(10,11)12)44-68(92(72)108)36-76-52-86(102(16,17)18)51-75(94(76)110-58-62-29-27-28-61(32-62)57-109-93(73)74)35-67-43-83(99(7,8)9)46-70(91(67)107)38-78-54-87(103(19,20)21)53-77(37-69(45-81)89(65)105)95(78)111-59-63-30-25-26-31-64(63)60-112-96(79)80/h25-32,41-56,105-108H,33-40,57-60H2,1-24H3. The van der Waals surface area contributed by atoms with Crippen molar-refractivity contribution in [3.63, 3.8) is 0 Å². The molecule has 0 spiro atoms. The number of hydrogen-bond donors (Lipinski definition) is 4. The van der Waals surface area contributed by atoms with E-state index < -0.39 is 0 Å². The Morgan fingerprint density at radius 1 is 0.188 bits per heavy atom. The van der Waals surface area contributed by atoms with Crippen LogP contribution in [0.3, 0.4) is 0 Å². The number of benzene rings is 10. The van der Waals surface area contributed by atoms with Gasteiger partial charge in [-0.1, -0.05) is 306 Å². The molecule has 0 amide bonds. The topological polar surface area (TPSA) is 118 Å². The van der Waals surface area contributed by atoms with Gasteiger partial charge < -0.3 is 39.4 Å². The first kappa shape index (κ1) is 80.6. The Bertz CT molecular complexity index is 4730. The average molecular weight is 1500 g/mol. The summed E-state index contributed by atoms with van der Waals surface area (Å²) in [5, 5.41) is 54.5. The van der Waals surface area contributed by atoms with Crippen molar-refractivity contribution >= 4 is 0 Å². The largest absolute Gasteiger partial charge is 0.507 e. The SMILES string of the molecule is CC(C)(C)c1cc2c(O)c(c1)Cc1cc(C(C)(C)C)cc3c1OCc1ccccc1COc1c4cc(C(C)(C)C)cc1Cc1cc(C(C)(C)C)cc(c1O)Cc1cc(C(C)(C)C)cc(c1OCc1cccc(c1)COc1c(cc(C(C)(C)C)cc1Cc1cc(C(C)(C)C)cc(c1O)C4)C2)Cc1cc(C(C)(C)C)cc(c1O)C3. The van der Waals surface area contributed by atoms with Crippen LogP contribution in [0.4, 0.5) is 0 Å². The molecule has 14 rings (SSSR count). The first-order chi connectivity index (χ1) is 52.1. The van der Waals surface area contributed by atoms with Crippen LogP contribution in [0.25, 0.3) is 0 Å². The lowest BCUT2D eigenvalue weighted by Gasteiger charge is -2.28. The molecule has 10 aromatic rings. The fraction of sp³-hybridized carbons (Fsp3) is 0.423. The minimum atomic E-state index is -0.349. The van der Waals surface area contributed by atoms with Gasteiger partial charge in [-0.15, -0.1) is 0 Å². The summed E-state index contributed by atoms with van der Waals surface area (Å²) >= 11 is 0. The van der Waals surface area contributed by atoms with E-state index in [9.17, 15) is 20.4 Å². The molecule has 0 aliphatic carbocycles. The summed E-state index contributed by atoms with van der Waals surface area (Å²) in [6, 6.07) is 52.9. The Kier molecular flexibility index (Phi) is 21.3. The average Bonchev–Trinajstić information content (AvgIpc) is 0.929. The number of fused-ring (bicyclic) bond motifs is 4. The lowest BCUT2D eigenvalue weighted by molar-refractivity contribution is 0.280. The van der Waals surface area contributed by atoms with E-state index in [0.717, 1.165) is 156 Å². The molecule has 0 radical (unpaired) electrons. The van der Waals surface area contributed by atoms with Gasteiger partial charge in [-0.25, -0.2) is 0 Å². The van der Waals surface area contributed by atoms with Gasteiger partial charge in [0.05, 0.1) is 0 Å². The highest BCUT2D eigenvalue weighted by atomic mass is 16.5. The predicted octanol–water partition coefficient (Wildman–Crippen LogP) is 24.9. The first-order valence-electron chi connectivity index (χ1n) is 40.8. The molecule has 8 nitrogen and oxygen atoms in total. The highest BCUT2D eigenvalue weighted by Gasteiger charge is 2.34. The van der Waals surface area contributed by atoms with Crippen molar-refractivity contribution < 1.29 is 39.4 Å². The fourth-order valence-electron chi connectivity index (χ4n) is 16.3. The molecule has 0 saturated carbocycles. The van der Waals surface area contributed by atoms with Crippen molar-refractivity contribution in [2.75, 3.05) is 0 Å². The zero-order chi connectivity index (χ0) is 81.1. The van der Waals surface area contributed by atoms with Gasteiger partial charge in [-0.3, -0.25) is 0 Å². The van der Waals surface area contributed by atoms with E-state index in [1.165, 1.54) is 0 Å². The van der Waals surface area contributed by atoms with Crippen molar-refractivity contribution in [2.24, 2.45) is 0 Å². The summed E-state index contributed by atoms with van der Waals surface area (Å²) < 4.78 is 30.5. The van der Waals surface area contributed by atoms with Gasteiger partial charge in [-0.05, 0) is 205 Å². The third kappa shape index (κ3) is 17.4. The maximum atomic E-state index is 13.6. The summed E-state index contributed by atoms with van der Waals surface area (Å²) in [4.78, 5) is 0. The summed E-state index contributed by atoms with van der Waals surface area (Å²) in [5.74, 6) is 3.61. The number of rotatable bonds is 0. The van der Waals surface area contributed by atoms with E-state index in [-0.39, 0.29) is 92.7 Å². The van der Waals surface area contributed by atoms with Crippen molar-refractivity contribution in [1.29, 1.82) is 0 Å². The molecule has 4 heterocycles. The molecule has 8 heteroatoms. The second-order valence-corrected chi connectivity index (χ2v) is 41.2. The number of ether oxygens (including phenoxy) is 4. The number of phenols is 4. The van der Waals surface area contributed by atoms with Crippen LogP contribution in [0.1, 0.15) is 322 Å². The number of aromatic hydroxyl groups is 4. The molecule has 4 N–H and O–H groups in total. The van der Waals surface area contributed by atoms with E-state index in [1.807, 2.05) is 0 Å². The number of hydrogen-bond acceptors (Lipinski definition) is 8. The molecule has 22 bridgehead atoms. The summed E-state index contributed by atoms with van der Waals surface area (Å²) in [5.41, 5.74) is 23.2. The van der Waals surface area contributed by atoms with E-state index >= 15 is 0 Å². The highest BCUT2D eigenvalue weighted by molar-refractivity contribution is 5.63. The maximum absolute atomic E-state index is 13.6. The summed E-state index contributed by atoms with van der Waals surface area (Å²) in [7, 11) is 0. The maximum Gasteiger partial charge on any atom is 0.126 e. The van der Waals surface area contributed by atoms with Crippen molar-refractivity contribution in [2.45, 2.75) is 287 Å². The van der Waals surface area contributed by atoms with Crippen molar-refractivity contribution in [1.82, 2.24) is 0 Å². The minimum Gasteiger partial charge on any atom is -0.507 e. The molecule has 0 aromatic heterocycles. The summed E-state index contributed by atoms with van der Waals surface area (Å²) in [6.45, 7) is 54.7. The monoisotopic (exact) mass is 1500 g/mol. The molecule has 0 atom stereocenters. The Morgan fingerprint density at radius 3 is 0.518 bits per heavy atom. The van der Waals surface area contributed by atoms with E-state index in [2.05, 4.69) is 312 Å². The Morgan fingerprint density at radius 2 is 0.348 bits per heavy atom. The van der Waals surface area contributed by atoms with Crippen LogP contribution in [-0.2, 0) is 121 Å². The van der Waals surface area contributed by atoms with Gasteiger partial charge in [0.2, 0.25) is 0 Å². The van der Waals surface area contributed by atoms with Crippen molar-refractivity contribution in [3.8, 4) is 46.0 Å². The number of phenolic OH excluding ortho intramolecular Hbond substituents is 4. The molecule has 588 valence electrons. The fourth-order valence-corrected chi connectivity index (χ4v) is 16.3. The van der Waals surface area contributed by atoms with Gasteiger partial charge in [0, 0.05) is 51.4 Å². The second kappa shape index (κ2) is 29.5. The van der Waals surface area contributed by atoms with Gasteiger partial charge >= 0.3 is 0 Å². The molecular weight excluding hydrogens is 1380 g/mol. The van der Waals surface area contributed by atoms with Crippen LogP contribution in [0.5, 0.6) is 46.0 Å². The van der Waals surface area contributed by atoms with Crippen LogP contribution in [0, 0.1) is 0 Å². The zero-order valence-electron chi connectivity index (χ0n) is 71.8. The van der Waals surface area contributed by atoms with Gasteiger partial charge in [0.25, 0.3) is 0 Å². The van der Waals surface area contributed by atoms with Crippen LogP contribution in [0.2, 0.25) is 0 Å². The Balaban J connectivity index is 1.22. The third-order valence-corrected chi connectivity index (χ3v) is 23.6. The molecular formula is C104H124O8. The lowest BCUT2D eigenvalue weighted by Crippen LogP contribution is -2.16. The smallest absolute Gasteiger partial charge is 0.126 e. The van der Waals surface area contributed by atoms with Crippen LogP contribution >= 0.6 is 0 Å². The first-order valence-corrected chi connectivity index (χ1v) is 40.8. The molecule has 10 aromatic carbocycles. The van der Waals surface area contributed by atoms with Gasteiger partial charge in [-0.2, -0.15) is 0 Å². The van der Waals surface area contributed by atoms with Crippen LogP contribution in [-0.4, -0.2) is 20.4 Å². The van der Waals surface area contributed by atoms with Gasteiger partial charge in [0.1, 0.15) is 72.4 Å². The van der Waals surface area contributed by atoms with E-state index in [4.69, 9.17) is 18.9 Å². The lowest BCUT2D eigenvalue weighted by atomic mass is 9.79. The van der Waals surface area contributed by atoms with Crippen LogP contribution < -0.4 is 18.9 Å². The van der Waals surface area contributed by atoms with E-state index in [0.29, 0.717) is 74.4 Å². The molecule has 0 saturated heterocycles. The Hall–Kier alpha value is -9.40. The second-order valence-electron chi connectivity index (χ2n) is 41.2. The van der Waals surface area contributed by atoms with E-state index in [1.54, 1.807) is 0 Å². The molecule has 0 unspecified atom stereocenters. The molecule has 4 aliphatic heterocycles. The molecule has 4 aliphatic rings. The summed E-state index contributed by atoms with van der Waals surface area (Å²) in [6.07, 6.45) is 2.58. The molecule has 0 fully saturated rings. The zero-order valence-corrected chi connectivity index (χ0v) is 71.8. The quantitative estimate of drug-likeness (QED) is 0.119. The highest BCUT2D eigenvalue weighted by Crippen LogP contribution is 2.49. The van der Waals surface area contributed by atoms with Crippen LogP contribution in [0.15, 0.2) is 146 Å². The molecule has 112 heavy (non-hydrogen) atoms. The van der Waals surface area contributed by atoms with Crippen molar-refractivity contribution in [3.05, 3.63) is 301 Å².